The Labute approximate surface area is 130 Å². The molecule has 0 aliphatic carbocycles. The molecule has 0 bridgehead atoms. The summed E-state index contributed by atoms with van der Waals surface area (Å²) in [4.78, 5) is 18.2. The molecule has 0 N–H and O–H groups in total. The Bertz CT molecular complexity index is 580. The van der Waals surface area contributed by atoms with Gasteiger partial charge in [0.15, 0.2) is 0 Å². The van der Waals surface area contributed by atoms with Gasteiger partial charge in [0, 0.05) is 18.8 Å². The van der Waals surface area contributed by atoms with Gasteiger partial charge < -0.3 is 4.90 Å². The molecule has 1 aromatic rings. The average molecular weight is 301 g/mol. The summed E-state index contributed by atoms with van der Waals surface area (Å²) >= 11 is 1.29. The lowest BCUT2D eigenvalue weighted by Gasteiger charge is -2.19. The maximum Gasteiger partial charge on any atom is 0.233 e. The van der Waals surface area contributed by atoms with Crippen LogP contribution in [0, 0.1) is 25.2 Å². The van der Waals surface area contributed by atoms with Crippen molar-refractivity contribution in [1.82, 2.24) is 9.88 Å². The second-order valence-electron chi connectivity index (χ2n) is 4.54. The number of nitriles is 1. The molecule has 1 rings (SSSR count). The fourth-order valence-electron chi connectivity index (χ4n) is 1.85. The summed E-state index contributed by atoms with van der Waals surface area (Å²) < 4.78 is 0. The maximum atomic E-state index is 12.2. The third-order valence-electron chi connectivity index (χ3n) is 2.81. The number of rotatable bonds is 7. The number of nitrogens with zero attached hydrogens (tertiary/aromatic N) is 3. The summed E-state index contributed by atoms with van der Waals surface area (Å²) in [5, 5.41) is 9.82. The first kappa shape index (κ1) is 17.0. The van der Waals surface area contributed by atoms with E-state index in [1.807, 2.05) is 19.9 Å². The summed E-state index contributed by atoms with van der Waals surface area (Å²) in [7, 11) is 0. The number of pyridine rings is 1. The molecule has 1 amide bonds. The van der Waals surface area contributed by atoms with Gasteiger partial charge in [-0.1, -0.05) is 23.9 Å². The van der Waals surface area contributed by atoms with Gasteiger partial charge in [-0.2, -0.15) is 5.26 Å². The van der Waals surface area contributed by atoms with Crippen molar-refractivity contribution in [3.63, 3.8) is 0 Å². The van der Waals surface area contributed by atoms with Crippen LogP contribution in [0.4, 0.5) is 0 Å². The van der Waals surface area contributed by atoms with Gasteiger partial charge in [-0.15, -0.1) is 13.2 Å². The van der Waals surface area contributed by atoms with Gasteiger partial charge >= 0.3 is 0 Å². The Kier molecular flexibility index (Phi) is 6.70. The molecule has 0 spiro atoms. The molecule has 0 saturated heterocycles. The first-order valence-corrected chi connectivity index (χ1v) is 7.52. The van der Waals surface area contributed by atoms with Crippen molar-refractivity contribution >= 4 is 17.7 Å². The predicted molar refractivity (Wildman–Crippen MR) is 86.1 cm³/mol. The van der Waals surface area contributed by atoms with Crippen molar-refractivity contribution in [2.24, 2.45) is 0 Å². The van der Waals surface area contributed by atoms with Crippen molar-refractivity contribution in [2.45, 2.75) is 18.9 Å². The number of aryl methyl sites for hydroxylation is 2. The second kappa shape index (κ2) is 8.28. The summed E-state index contributed by atoms with van der Waals surface area (Å²) in [5.74, 6) is 0.219. The first-order chi connectivity index (χ1) is 10.0. The highest BCUT2D eigenvalue weighted by atomic mass is 32.2. The largest absolute Gasteiger partial charge is 0.335 e. The van der Waals surface area contributed by atoms with Crippen LogP contribution < -0.4 is 0 Å². The highest BCUT2D eigenvalue weighted by Crippen LogP contribution is 2.23. The quantitative estimate of drug-likeness (QED) is 0.574. The van der Waals surface area contributed by atoms with Gasteiger partial charge in [-0.05, 0) is 25.5 Å². The Morgan fingerprint density at radius 1 is 1.43 bits per heavy atom. The molecule has 0 radical (unpaired) electrons. The van der Waals surface area contributed by atoms with Crippen LogP contribution in [0.1, 0.15) is 16.8 Å². The normalized spacial score (nSPS) is 9.76. The molecule has 21 heavy (non-hydrogen) atoms. The SMILES string of the molecule is C=CCN(CC=C)C(=O)CSc1nc(C)cc(C)c1C#N. The lowest BCUT2D eigenvalue weighted by atomic mass is 10.1. The fourth-order valence-corrected chi connectivity index (χ4v) is 2.86. The summed E-state index contributed by atoms with van der Waals surface area (Å²) in [6.45, 7) is 12.0. The molecule has 0 atom stereocenters. The maximum absolute atomic E-state index is 12.2. The van der Waals surface area contributed by atoms with Crippen molar-refractivity contribution < 1.29 is 4.79 Å². The Hall–Kier alpha value is -2.06. The standard InChI is InChI=1S/C16H19N3OS/c1-5-7-19(8-6-2)15(20)11-21-16-14(10-17)12(3)9-13(4)18-16/h5-6,9H,1-2,7-8,11H2,3-4H3. The molecule has 1 aromatic heterocycles. The van der Waals surface area contributed by atoms with E-state index in [9.17, 15) is 10.1 Å². The first-order valence-electron chi connectivity index (χ1n) is 6.54. The van der Waals surface area contributed by atoms with Crippen LogP contribution in [0.2, 0.25) is 0 Å². The topological polar surface area (TPSA) is 57.0 Å². The van der Waals surface area contributed by atoms with Crippen LogP contribution in [0.15, 0.2) is 36.4 Å². The molecule has 0 aliphatic rings. The number of hydrogen-bond donors (Lipinski definition) is 0. The van der Waals surface area contributed by atoms with E-state index in [-0.39, 0.29) is 11.7 Å². The van der Waals surface area contributed by atoms with Crippen LogP contribution in [0.25, 0.3) is 0 Å². The molecule has 5 heteroatoms. The molecule has 4 nitrogen and oxygen atoms in total. The van der Waals surface area contributed by atoms with Crippen LogP contribution >= 0.6 is 11.8 Å². The number of amides is 1. The van der Waals surface area contributed by atoms with Crippen LogP contribution in [0.5, 0.6) is 0 Å². The highest BCUT2D eigenvalue weighted by molar-refractivity contribution is 8.00. The molecule has 0 fully saturated rings. The molecular formula is C16H19N3OS. The Morgan fingerprint density at radius 3 is 2.57 bits per heavy atom. The monoisotopic (exact) mass is 301 g/mol. The second-order valence-corrected chi connectivity index (χ2v) is 5.50. The Balaban J connectivity index is 2.83. The lowest BCUT2D eigenvalue weighted by molar-refractivity contribution is -0.127. The molecule has 110 valence electrons. The predicted octanol–water partition coefficient (Wildman–Crippen LogP) is 2.86. The molecular weight excluding hydrogens is 282 g/mol. The van der Waals surface area contributed by atoms with Gasteiger partial charge in [0.2, 0.25) is 5.91 Å². The van der Waals surface area contributed by atoms with E-state index in [0.29, 0.717) is 23.7 Å². The van der Waals surface area contributed by atoms with E-state index < -0.39 is 0 Å². The number of carbonyl (C=O) groups is 1. The van der Waals surface area contributed by atoms with Crippen molar-refractivity contribution in [1.29, 1.82) is 5.26 Å². The van der Waals surface area contributed by atoms with Gasteiger partial charge in [0.05, 0.1) is 11.3 Å². The molecule has 0 saturated carbocycles. The number of carbonyl (C=O) groups excluding carboxylic acids is 1. The number of aromatic nitrogens is 1. The van der Waals surface area contributed by atoms with Gasteiger partial charge in [0.1, 0.15) is 11.1 Å². The third kappa shape index (κ3) is 4.76. The Morgan fingerprint density at radius 2 is 2.05 bits per heavy atom. The number of hydrogen-bond acceptors (Lipinski definition) is 4. The fraction of sp³-hybridized carbons (Fsp3) is 0.312. The minimum Gasteiger partial charge on any atom is -0.335 e. The van der Waals surface area contributed by atoms with Crippen LogP contribution in [0.3, 0.4) is 0 Å². The minimum atomic E-state index is -0.0235. The van der Waals surface area contributed by atoms with Gasteiger partial charge in [-0.3, -0.25) is 4.79 Å². The van der Waals surface area contributed by atoms with E-state index >= 15 is 0 Å². The molecule has 0 aromatic carbocycles. The van der Waals surface area contributed by atoms with Crippen molar-refractivity contribution in [2.75, 3.05) is 18.8 Å². The summed E-state index contributed by atoms with van der Waals surface area (Å²) in [6, 6.07) is 4.02. The summed E-state index contributed by atoms with van der Waals surface area (Å²) in [6.07, 6.45) is 3.36. The molecule has 1 heterocycles. The zero-order valence-corrected chi connectivity index (χ0v) is 13.2. The van der Waals surface area contributed by atoms with E-state index in [2.05, 4.69) is 24.2 Å². The van der Waals surface area contributed by atoms with Crippen LogP contribution in [-0.2, 0) is 4.79 Å². The smallest absolute Gasteiger partial charge is 0.233 e. The van der Waals surface area contributed by atoms with Gasteiger partial charge in [-0.25, -0.2) is 4.98 Å². The minimum absolute atomic E-state index is 0.0235. The van der Waals surface area contributed by atoms with E-state index in [1.165, 1.54) is 11.8 Å². The lowest BCUT2D eigenvalue weighted by Crippen LogP contribution is -2.32. The number of thioether (sulfide) groups is 1. The molecule has 0 unspecified atom stereocenters. The van der Waals surface area contributed by atoms with Gasteiger partial charge in [0.25, 0.3) is 0 Å². The van der Waals surface area contributed by atoms with E-state index in [4.69, 9.17) is 0 Å². The molecule has 0 aliphatic heterocycles. The van der Waals surface area contributed by atoms with Crippen molar-refractivity contribution in [3.05, 3.63) is 48.2 Å². The zero-order valence-electron chi connectivity index (χ0n) is 12.4. The van der Waals surface area contributed by atoms with E-state index in [1.54, 1.807) is 17.1 Å². The van der Waals surface area contributed by atoms with Crippen molar-refractivity contribution in [3.8, 4) is 6.07 Å². The van der Waals surface area contributed by atoms with E-state index in [0.717, 1.165) is 11.3 Å². The highest BCUT2D eigenvalue weighted by Gasteiger charge is 2.14. The zero-order chi connectivity index (χ0) is 15.8. The third-order valence-corrected chi connectivity index (χ3v) is 3.77. The van der Waals surface area contributed by atoms with Crippen LogP contribution in [-0.4, -0.2) is 34.6 Å². The summed E-state index contributed by atoms with van der Waals surface area (Å²) in [5.41, 5.74) is 2.27. The average Bonchev–Trinajstić information content (AvgIpc) is 2.44.